The van der Waals surface area contributed by atoms with Crippen LogP contribution in [0, 0.1) is 11.6 Å². The minimum atomic E-state index is -0.693. The second-order valence-electron chi connectivity index (χ2n) is 3.81. The standard InChI is InChI=1S/C14H9ClF2O2/c1-19-14(18)11-4-2-8(6-12(11)15)10-5-3-9(16)7-13(10)17/h2-7H,1H3. The molecule has 0 saturated carbocycles. The highest BCUT2D eigenvalue weighted by Gasteiger charge is 2.13. The van der Waals surface area contributed by atoms with Gasteiger partial charge >= 0.3 is 5.97 Å². The van der Waals surface area contributed by atoms with Crippen LogP contribution in [0.3, 0.4) is 0 Å². The number of hydrogen-bond donors (Lipinski definition) is 0. The summed E-state index contributed by atoms with van der Waals surface area (Å²) in [6, 6.07) is 7.65. The minimum absolute atomic E-state index is 0.146. The third-order valence-electron chi connectivity index (χ3n) is 2.62. The number of benzene rings is 2. The van der Waals surface area contributed by atoms with Crippen molar-refractivity contribution in [1.82, 2.24) is 0 Å². The first-order valence-electron chi connectivity index (χ1n) is 5.36. The van der Waals surface area contributed by atoms with Crippen LogP contribution in [0.5, 0.6) is 0 Å². The quantitative estimate of drug-likeness (QED) is 0.776. The van der Waals surface area contributed by atoms with Crippen LogP contribution in [0.15, 0.2) is 36.4 Å². The smallest absolute Gasteiger partial charge is 0.339 e. The lowest BCUT2D eigenvalue weighted by Gasteiger charge is -2.07. The van der Waals surface area contributed by atoms with Gasteiger partial charge in [-0.1, -0.05) is 17.7 Å². The predicted molar refractivity (Wildman–Crippen MR) is 68.1 cm³/mol. The van der Waals surface area contributed by atoms with E-state index in [4.69, 9.17) is 11.6 Å². The molecule has 0 radical (unpaired) electrons. The number of esters is 1. The number of hydrogen-bond acceptors (Lipinski definition) is 2. The van der Waals surface area contributed by atoms with E-state index in [0.717, 1.165) is 12.1 Å². The molecule has 5 heteroatoms. The molecule has 2 rings (SSSR count). The maximum Gasteiger partial charge on any atom is 0.339 e. The molecule has 98 valence electrons. The van der Waals surface area contributed by atoms with Crippen LogP contribution >= 0.6 is 11.6 Å². The van der Waals surface area contributed by atoms with E-state index < -0.39 is 17.6 Å². The van der Waals surface area contributed by atoms with E-state index >= 15 is 0 Å². The van der Waals surface area contributed by atoms with Crippen molar-refractivity contribution in [3.8, 4) is 11.1 Å². The van der Waals surface area contributed by atoms with Crippen molar-refractivity contribution in [2.45, 2.75) is 0 Å². The fraction of sp³-hybridized carbons (Fsp3) is 0.0714. The van der Waals surface area contributed by atoms with Crippen molar-refractivity contribution in [3.63, 3.8) is 0 Å². The van der Waals surface area contributed by atoms with Gasteiger partial charge in [0.25, 0.3) is 0 Å². The monoisotopic (exact) mass is 282 g/mol. The van der Waals surface area contributed by atoms with Crippen LogP contribution in [-0.2, 0) is 4.74 Å². The molecule has 0 atom stereocenters. The number of carbonyl (C=O) groups is 1. The Morgan fingerprint density at radius 3 is 2.47 bits per heavy atom. The average Bonchev–Trinajstić information content (AvgIpc) is 2.37. The van der Waals surface area contributed by atoms with Gasteiger partial charge in [-0.2, -0.15) is 0 Å². The molecule has 2 aromatic rings. The summed E-state index contributed by atoms with van der Waals surface area (Å²) < 4.78 is 31.0. The zero-order chi connectivity index (χ0) is 14.0. The van der Waals surface area contributed by atoms with Gasteiger partial charge in [-0.25, -0.2) is 13.6 Å². The molecule has 0 bridgehead atoms. The normalized spacial score (nSPS) is 10.3. The van der Waals surface area contributed by atoms with E-state index in [9.17, 15) is 13.6 Å². The largest absolute Gasteiger partial charge is 0.465 e. The van der Waals surface area contributed by atoms with Crippen molar-refractivity contribution < 1.29 is 18.3 Å². The van der Waals surface area contributed by atoms with Crippen LogP contribution in [-0.4, -0.2) is 13.1 Å². The molecule has 0 aliphatic heterocycles. The number of halogens is 3. The Hall–Kier alpha value is -1.94. The van der Waals surface area contributed by atoms with Gasteiger partial charge < -0.3 is 4.74 Å². The summed E-state index contributed by atoms with van der Waals surface area (Å²) in [6.45, 7) is 0. The second kappa shape index (κ2) is 5.36. The maximum absolute atomic E-state index is 13.6. The average molecular weight is 283 g/mol. The van der Waals surface area contributed by atoms with Crippen LogP contribution in [0.1, 0.15) is 10.4 Å². The molecule has 0 saturated heterocycles. The van der Waals surface area contributed by atoms with Gasteiger partial charge in [-0.3, -0.25) is 0 Å². The van der Waals surface area contributed by atoms with Gasteiger partial charge in [0.2, 0.25) is 0 Å². The van der Waals surface area contributed by atoms with E-state index in [-0.39, 0.29) is 16.1 Å². The molecule has 19 heavy (non-hydrogen) atoms. The molecule has 0 aromatic heterocycles. The molecule has 2 aromatic carbocycles. The summed E-state index contributed by atoms with van der Waals surface area (Å²) >= 11 is 5.94. The highest BCUT2D eigenvalue weighted by Crippen LogP contribution is 2.28. The SMILES string of the molecule is COC(=O)c1ccc(-c2ccc(F)cc2F)cc1Cl. The van der Waals surface area contributed by atoms with Gasteiger partial charge in [-0.05, 0) is 29.8 Å². The van der Waals surface area contributed by atoms with E-state index in [2.05, 4.69) is 4.74 Å². The van der Waals surface area contributed by atoms with Crippen molar-refractivity contribution >= 4 is 17.6 Å². The molecule has 0 unspecified atom stereocenters. The zero-order valence-electron chi connectivity index (χ0n) is 9.91. The molecule has 0 fully saturated rings. The summed E-state index contributed by atoms with van der Waals surface area (Å²) in [5, 5.41) is 0.146. The first-order valence-corrected chi connectivity index (χ1v) is 5.74. The first kappa shape index (κ1) is 13.5. The van der Waals surface area contributed by atoms with Gasteiger partial charge in [0.15, 0.2) is 0 Å². The number of ether oxygens (including phenoxy) is 1. The molecular weight excluding hydrogens is 274 g/mol. The Morgan fingerprint density at radius 1 is 1.16 bits per heavy atom. The minimum Gasteiger partial charge on any atom is -0.465 e. The van der Waals surface area contributed by atoms with Gasteiger partial charge in [0.05, 0.1) is 17.7 Å². The van der Waals surface area contributed by atoms with Crippen LogP contribution in [0.25, 0.3) is 11.1 Å². The fourth-order valence-electron chi connectivity index (χ4n) is 1.68. The summed E-state index contributed by atoms with van der Waals surface area (Å²) in [5.74, 6) is -1.92. The number of carbonyl (C=O) groups excluding carboxylic acids is 1. The van der Waals surface area contributed by atoms with Gasteiger partial charge in [-0.15, -0.1) is 0 Å². The van der Waals surface area contributed by atoms with Crippen LogP contribution in [0.2, 0.25) is 5.02 Å². The Balaban J connectivity index is 2.47. The Kier molecular flexibility index (Phi) is 3.81. The molecular formula is C14H9ClF2O2. The zero-order valence-corrected chi connectivity index (χ0v) is 10.7. The van der Waals surface area contributed by atoms with E-state index in [1.54, 1.807) is 0 Å². The molecule has 0 N–H and O–H groups in total. The number of rotatable bonds is 2. The lowest BCUT2D eigenvalue weighted by molar-refractivity contribution is 0.0601. The Labute approximate surface area is 113 Å². The molecule has 0 amide bonds. The van der Waals surface area contributed by atoms with Crippen molar-refractivity contribution in [2.24, 2.45) is 0 Å². The van der Waals surface area contributed by atoms with E-state index in [1.165, 1.54) is 31.4 Å². The Morgan fingerprint density at radius 2 is 1.89 bits per heavy atom. The van der Waals surface area contributed by atoms with E-state index in [0.29, 0.717) is 5.56 Å². The third-order valence-corrected chi connectivity index (χ3v) is 2.93. The van der Waals surface area contributed by atoms with Crippen LogP contribution < -0.4 is 0 Å². The van der Waals surface area contributed by atoms with Crippen LogP contribution in [0.4, 0.5) is 8.78 Å². The lowest BCUT2D eigenvalue weighted by atomic mass is 10.0. The highest BCUT2D eigenvalue weighted by molar-refractivity contribution is 6.33. The van der Waals surface area contributed by atoms with Crippen molar-refractivity contribution in [2.75, 3.05) is 7.11 Å². The highest BCUT2D eigenvalue weighted by atomic mass is 35.5. The Bertz CT molecular complexity index is 641. The second-order valence-corrected chi connectivity index (χ2v) is 4.22. The molecule has 0 aliphatic rings. The van der Waals surface area contributed by atoms with Gasteiger partial charge in [0.1, 0.15) is 11.6 Å². The topological polar surface area (TPSA) is 26.3 Å². The maximum atomic E-state index is 13.6. The number of methoxy groups -OCH3 is 1. The molecule has 0 aliphatic carbocycles. The van der Waals surface area contributed by atoms with Crippen molar-refractivity contribution in [3.05, 3.63) is 58.6 Å². The fourth-order valence-corrected chi connectivity index (χ4v) is 1.94. The summed E-state index contributed by atoms with van der Waals surface area (Å²) in [7, 11) is 1.24. The summed E-state index contributed by atoms with van der Waals surface area (Å²) in [5.41, 5.74) is 0.852. The molecule has 0 spiro atoms. The van der Waals surface area contributed by atoms with Gasteiger partial charge in [0, 0.05) is 11.6 Å². The van der Waals surface area contributed by atoms with Crippen molar-refractivity contribution in [1.29, 1.82) is 0 Å². The predicted octanol–water partition coefficient (Wildman–Crippen LogP) is 4.07. The summed E-state index contributed by atoms with van der Waals surface area (Å²) in [4.78, 5) is 11.4. The summed E-state index contributed by atoms with van der Waals surface area (Å²) in [6.07, 6.45) is 0. The molecule has 2 nitrogen and oxygen atoms in total. The lowest BCUT2D eigenvalue weighted by Crippen LogP contribution is -2.02. The van der Waals surface area contributed by atoms with E-state index in [1.807, 2.05) is 0 Å². The molecule has 0 heterocycles. The first-order chi connectivity index (χ1) is 9.02. The third kappa shape index (κ3) is 2.74.